The lowest BCUT2D eigenvalue weighted by Gasteiger charge is -2.39. The van der Waals surface area contributed by atoms with Crippen LogP contribution in [0.15, 0.2) is 53.3 Å². The molecule has 178 valence electrons. The highest BCUT2D eigenvalue weighted by Gasteiger charge is 2.36. The molecular weight excluding hydrogens is 428 g/mol. The van der Waals surface area contributed by atoms with Gasteiger partial charge in [0, 0.05) is 32.1 Å². The van der Waals surface area contributed by atoms with Crippen molar-refractivity contribution in [2.24, 2.45) is 5.92 Å². The van der Waals surface area contributed by atoms with Crippen molar-refractivity contribution in [3.8, 4) is 11.4 Å². The molecule has 7 nitrogen and oxygen atoms in total. The van der Waals surface area contributed by atoms with Gasteiger partial charge < -0.3 is 9.64 Å². The highest BCUT2D eigenvalue weighted by atomic mass is 16.5. The molecule has 1 aliphatic heterocycles. The molecule has 0 N–H and O–H groups in total. The van der Waals surface area contributed by atoms with Gasteiger partial charge in [-0.2, -0.15) is 0 Å². The summed E-state index contributed by atoms with van der Waals surface area (Å²) in [6.07, 6.45) is 2.89. The van der Waals surface area contributed by atoms with Gasteiger partial charge in [-0.15, -0.1) is 0 Å². The molecule has 1 aromatic heterocycles. The molecule has 1 unspecified atom stereocenters. The minimum atomic E-state index is -0.0641. The maximum atomic E-state index is 13.7. The summed E-state index contributed by atoms with van der Waals surface area (Å²) in [5, 5.41) is 0.606. The van der Waals surface area contributed by atoms with Gasteiger partial charge in [-0.25, -0.2) is 4.98 Å². The predicted molar refractivity (Wildman–Crippen MR) is 132 cm³/mol. The zero-order chi connectivity index (χ0) is 23.7. The fraction of sp³-hybridized carbons (Fsp3) is 0.444. The van der Waals surface area contributed by atoms with Crippen molar-refractivity contribution in [2.75, 3.05) is 32.8 Å². The Labute approximate surface area is 200 Å². The number of rotatable bonds is 7. The van der Waals surface area contributed by atoms with E-state index in [2.05, 4.69) is 11.8 Å². The monoisotopic (exact) mass is 460 g/mol. The summed E-state index contributed by atoms with van der Waals surface area (Å²) < 4.78 is 7.36. The Balaban J connectivity index is 1.52. The Morgan fingerprint density at radius 2 is 1.74 bits per heavy atom. The zero-order valence-corrected chi connectivity index (χ0v) is 19.9. The third-order valence-corrected chi connectivity index (χ3v) is 6.89. The van der Waals surface area contributed by atoms with E-state index in [1.54, 1.807) is 4.57 Å². The number of carbonyl (C=O) groups is 1. The third kappa shape index (κ3) is 4.32. The maximum Gasteiger partial charge on any atom is 0.266 e. The van der Waals surface area contributed by atoms with Crippen LogP contribution in [0.1, 0.15) is 45.0 Å². The molecule has 5 rings (SSSR count). The Kier molecular flexibility index (Phi) is 6.37. The van der Waals surface area contributed by atoms with Gasteiger partial charge in [-0.05, 0) is 62.6 Å². The van der Waals surface area contributed by atoms with Gasteiger partial charge in [0.05, 0.1) is 29.2 Å². The van der Waals surface area contributed by atoms with Crippen LogP contribution in [0.3, 0.4) is 0 Å². The van der Waals surface area contributed by atoms with E-state index in [1.165, 1.54) is 0 Å². The van der Waals surface area contributed by atoms with Crippen molar-refractivity contribution in [1.82, 2.24) is 19.4 Å². The zero-order valence-electron chi connectivity index (χ0n) is 19.9. The van der Waals surface area contributed by atoms with Crippen LogP contribution in [0.2, 0.25) is 0 Å². The van der Waals surface area contributed by atoms with Crippen molar-refractivity contribution in [1.29, 1.82) is 0 Å². The fourth-order valence-corrected chi connectivity index (χ4v) is 4.93. The van der Waals surface area contributed by atoms with Crippen molar-refractivity contribution < 1.29 is 9.53 Å². The number of nitrogens with zero attached hydrogens (tertiary/aromatic N) is 4. The first-order valence-electron chi connectivity index (χ1n) is 12.4. The first kappa shape index (κ1) is 22.6. The second-order valence-corrected chi connectivity index (χ2v) is 9.11. The first-order valence-corrected chi connectivity index (χ1v) is 12.4. The van der Waals surface area contributed by atoms with Crippen molar-refractivity contribution in [3.63, 3.8) is 0 Å². The quantitative estimate of drug-likeness (QED) is 0.537. The molecule has 2 aromatic carbocycles. The number of ether oxygens (including phenoxy) is 1. The summed E-state index contributed by atoms with van der Waals surface area (Å²) in [6, 6.07) is 15.1. The molecule has 1 aliphatic carbocycles. The lowest BCUT2D eigenvalue weighted by Crippen LogP contribution is -2.50. The SMILES string of the molecule is CCOc1ccc(-n2c(C(CC)N3CCN(C(=O)C4CC4)CC3)nc3ccccc3c2=O)cc1. The molecule has 0 radical (unpaired) electrons. The number of amides is 1. The number of para-hydroxylation sites is 1. The van der Waals surface area contributed by atoms with E-state index in [9.17, 15) is 9.59 Å². The number of hydrogen-bond acceptors (Lipinski definition) is 5. The average Bonchev–Trinajstić information content (AvgIpc) is 3.71. The molecule has 2 heterocycles. The van der Waals surface area contributed by atoms with Crippen molar-refractivity contribution in [2.45, 2.75) is 39.2 Å². The number of carbonyl (C=O) groups excluding carboxylic acids is 1. The van der Waals surface area contributed by atoms with Crippen LogP contribution in [0, 0.1) is 5.92 Å². The van der Waals surface area contributed by atoms with E-state index in [0.29, 0.717) is 23.4 Å². The molecule has 1 amide bonds. The fourth-order valence-electron chi connectivity index (χ4n) is 4.93. The summed E-state index contributed by atoms with van der Waals surface area (Å²) in [5.74, 6) is 2.08. The number of fused-ring (bicyclic) bond motifs is 1. The topological polar surface area (TPSA) is 67.7 Å². The van der Waals surface area contributed by atoms with Gasteiger partial charge in [-0.1, -0.05) is 19.1 Å². The van der Waals surface area contributed by atoms with Gasteiger partial charge in [-0.3, -0.25) is 19.1 Å². The van der Waals surface area contributed by atoms with E-state index >= 15 is 0 Å². The molecule has 2 fully saturated rings. The van der Waals surface area contributed by atoms with E-state index in [-0.39, 0.29) is 17.5 Å². The molecule has 0 bridgehead atoms. The van der Waals surface area contributed by atoms with Crippen LogP contribution in [0.4, 0.5) is 0 Å². The van der Waals surface area contributed by atoms with Crippen LogP contribution in [0.25, 0.3) is 16.6 Å². The van der Waals surface area contributed by atoms with E-state index in [1.807, 2.05) is 60.4 Å². The van der Waals surface area contributed by atoms with Gasteiger partial charge in [0.2, 0.25) is 5.91 Å². The lowest BCUT2D eigenvalue weighted by molar-refractivity contribution is -0.134. The molecule has 2 aliphatic rings. The van der Waals surface area contributed by atoms with Crippen LogP contribution in [-0.4, -0.2) is 58.0 Å². The second-order valence-electron chi connectivity index (χ2n) is 9.11. The summed E-state index contributed by atoms with van der Waals surface area (Å²) in [7, 11) is 0. The van der Waals surface area contributed by atoms with Gasteiger partial charge in [0.15, 0.2) is 0 Å². The normalized spacial score (nSPS) is 17.6. The largest absolute Gasteiger partial charge is 0.494 e. The minimum Gasteiger partial charge on any atom is -0.494 e. The molecule has 1 saturated carbocycles. The maximum absolute atomic E-state index is 13.7. The Bertz CT molecular complexity index is 1220. The van der Waals surface area contributed by atoms with E-state index in [4.69, 9.17) is 9.72 Å². The van der Waals surface area contributed by atoms with E-state index in [0.717, 1.165) is 62.7 Å². The van der Waals surface area contributed by atoms with Crippen LogP contribution >= 0.6 is 0 Å². The van der Waals surface area contributed by atoms with Gasteiger partial charge >= 0.3 is 0 Å². The van der Waals surface area contributed by atoms with Crippen molar-refractivity contribution in [3.05, 3.63) is 64.7 Å². The van der Waals surface area contributed by atoms with Crippen LogP contribution < -0.4 is 10.3 Å². The standard InChI is InChI=1S/C27H32N4O3/c1-3-24(29-15-17-30(18-16-29)26(32)19-9-10-19)25-28-23-8-6-5-7-22(23)27(33)31(25)20-11-13-21(14-12-20)34-4-2/h5-8,11-14,19,24H,3-4,9-10,15-18H2,1-2H3. The molecule has 3 aromatic rings. The molecule has 1 saturated heterocycles. The predicted octanol–water partition coefficient (Wildman–Crippen LogP) is 3.79. The number of aromatic nitrogens is 2. The van der Waals surface area contributed by atoms with E-state index < -0.39 is 0 Å². The minimum absolute atomic E-state index is 0.0259. The molecule has 7 heteroatoms. The first-order chi connectivity index (χ1) is 16.6. The van der Waals surface area contributed by atoms with Gasteiger partial charge in [0.1, 0.15) is 11.6 Å². The highest BCUT2D eigenvalue weighted by molar-refractivity contribution is 5.81. The van der Waals surface area contributed by atoms with Crippen LogP contribution in [-0.2, 0) is 4.79 Å². The van der Waals surface area contributed by atoms with Crippen molar-refractivity contribution >= 4 is 16.8 Å². The summed E-state index contributed by atoms with van der Waals surface area (Å²) in [6.45, 7) is 7.70. The number of hydrogen-bond donors (Lipinski definition) is 0. The molecule has 34 heavy (non-hydrogen) atoms. The number of benzene rings is 2. The Morgan fingerprint density at radius 1 is 1.03 bits per heavy atom. The highest BCUT2D eigenvalue weighted by Crippen LogP contribution is 2.32. The molecular formula is C27H32N4O3. The summed E-state index contributed by atoms with van der Waals surface area (Å²) in [4.78, 5) is 35.6. The molecule has 1 atom stereocenters. The lowest BCUT2D eigenvalue weighted by atomic mass is 10.1. The van der Waals surface area contributed by atoms with Gasteiger partial charge in [0.25, 0.3) is 5.56 Å². The molecule has 0 spiro atoms. The second kappa shape index (κ2) is 9.58. The summed E-state index contributed by atoms with van der Waals surface area (Å²) in [5.41, 5.74) is 1.43. The summed E-state index contributed by atoms with van der Waals surface area (Å²) >= 11 is 0. The average molecular weight is 461 g/mol. The number of piperazine rings is 1. The third-order valence-electron chi connectivity index (χ3n) is 6.89. The smallest absolute Gasteiger partial charge is 0.266 e. The Hall–Kier alpha value is -3.19. The van der Waals surface area contributed by atoms with Crippen LogP contribution in [0.5, 0.6) is 5.75 Å². The Morgan fingerprint density at radius 3 is 2.38 bits per heavy atom.